The molecular weight excluding hydrogens is 354 g/mol. The Kier molecular flexibility index (Phi) is 4.96. The van der Waals surface area contributed by atoms with Gasteiger partial charge < -0.3 is 5.32 Å². The van der Waals surface area contributed by atoms with E-state index in [1.165, 1.54) is 27.7 Å². The standard InChI is InChI=1S/C18H19N3O2S2/c1-10-5-11(2)7-13(6-10)20-15(22)9-24-16-8-14-17(25-16)19-12(3)21(4)18(14)23/h5-8H,9H2,1-4H3,(H,20,22). The number of anilines is 1. The van der Waals surface area contributed by atoms with E-state index >= 15 is 0 Å². The summed E-state index contributed by atoms with van der Waals surface area (Å²) in [6.07, 6.45) is 0. The number of hydrogen-bond acceptors (Lipinski definition) is 5. The van der Waals surface area contributed by atoms with Gasteiger partial charge in [0.2, 0.25) is 5.91 Å². The minimum absolute atomic E-state index is 0.0507. The lowest BCUT2D eigenvalue weighted by Gasteiger charge is -2.07. The summed E-state index contributed by atoms with van der Waals surface area (Å²) in [5, 5.41) is 3.53. The van der Waals surface area contributed by atoms with Gasteiger partial charge in [0.15, 0.2) is 0 Å². The molecule has 0 saturated carbocycles. The number of carbonyl (C=O) groups is 1. The average molecular weight is 374 g/mol. The van der Waals surface area contributed by atoms with Gasteiger partial charge in [-0.25, -0.2) is 4.98 Å². The molecule has 1 aromatic carbocycles. The summed E-state index contributed by atoms with van der Waals surface area (Å²) in [4.78, 5) is 29.6. The second-order valence-electron chi connectivity index (χ2n) is 6.02. The highest BCUT2D eigenvalue weighted by Crippen LogP contribution is 2.30. The quantitative estimate of drug-likeness (QED) is 0.709. The molecule has 0 radical (unpaired) electrons. The first-order valence-corrected chi connectivity index (χ1v) is 9.62. The highest BCUT2D eigenvalue weighted by atomic mass is 32.2. The predicted molar refractivity (Wildman–Crippen MR) is 105 cm³/mol. The molecule has 1 amide bonds. The van der Waals surface area contributed by atoms with Gasteiger partial charge in [0, 0.05) is 12.7 Å². The molecule has 0 spiro atoms. The van der Waals surface area contributed by atoms with Gasteiger partial charge in [-0.2, -0.15) is 0 Å². The first-order valence-electron chi connectivity index (χ1n) is 7.81. The number of benzene rings is 1. The zero-order valence-electron chi connectivity index (χ0n) is 14.5. The lowest BCUT2D eigenvalue weighted by molar-refractivity contribution is -0.113. The first kappa shape index (κ1) is 17.7. The smallest absolute Gasteiger partial charge is 0.262 e. The number of amides is 1. The van der Waals surface area contributed by atoms with Gasteiger partial charge in [-0.3, -0.25) is 14.2 Å². The maximum atomic E-state index is 12.2. The summed E-state index contributed by atoms with van der Waals surface area (Å²) in [6.45, 7) is 5.82. The van der Waals surface area contributed by atoms with Crippen LogP contribution in [0.15, 0.2) is 33.3 Å². The summed E-state index contributed by atoms with van der Waals surface area (Å²) in [5.41, 5.74) is 2.99. The second kappa shape index (κ2) is 7.01. The highest BCUT2D eigenvalue weighted by molar-refractivity contribution is 8.01. The molecule has 3 rings (SSSR count). The van der Waals surface area contributed by atoms with Crippen molar-refractivity contribution in [3.05, 3.63) is 51.6 Å². The fourth-order valence-electron chi connectivity index (χ4n) is 2.60. The number of thioether (sulfide) groups is 1. The number of fused-ring (bicyclic) bond motifs is 1. The Balaban J connectivity index is 1.71. The van der Waals surface area contributed by atoms with Gasteiger partial charge in [0.25, 0.3) is 5.56 Å². The van der Waals surface area contributed by atoms with Crippen LogP contribution in [0, 0.1) is 20.8 Å². The van der Waals surface area contributed by atoms with Crippen LogP contribution in [0.2, 0.25) is 0 Å². The van der Waals surface area contributed by atoms with Crippen LogP contribution in [-0.4, -0.2) is 21.2 Å². The van der Waals surface area contributed by atoms with Gasteiger partial charge in [-0.1, -0.05) is 6.07 Å². The van der Waals surface area contributed by atoms with Gasteiger partial charge in [-0.05, 0) is 50.1 Å². The van der Waals surface area contributed by atoms with Gasteiger partial charge >= 0.3 is 0 Å². The molecule has 25 heavy (non-hydrogen) atoms. The average Bonchev–Trinajstić information content (AvgIpc) is 2.93. The number of rotatable bonds is 4. The van der Waals surface area contributed by atoms with Crippen molar-refractivity contribution in [1.29, 1.82) is 0 Å². The molecule has 3 aromatic rings. The van der Waals surface area contributed by atoms with Crippen LogP contribution < -0.4 is 10.9 Å². The van der Waals surface area contributed by atoms with Gasteiger partial charge in [0.1, 0.15) is 10.7 Å². The fraction of sp³-hybridized carbons (Fsp3) is 0.278. The zero-order chi connectivity index (χ0) is 18.1. The largest absolute Gasteiger partial charge is 0.325 e. The number of aromatic nitrogens is 2. The van der Waals surface area contributed by atoms with Crippen molar-refractivity contribution in [2.75, 3.05) is 11.1 Å². The summed E-state index contributed by atoms with van der Waals surface area (Å²) in [7, 11) is 1.71. The van der Waals surface area contributed by atoms with Crippen LogP contribution in [0.3, 0.4) is 0 Å². The summed E-state index contributed by atoms with van der Waals surface area (Å²) < 4.78 is 2.46. The maximum Gasteiger partial charge on any atom is 0.262 e. The van der Waals surface area contributed by atoms with E-state index in [2.05, 4.69) is 16.4 Å². The second-order valence-corrected chi connectivity index (χ2v) is 8.33. The van der Waals surface area contributed by atoms with Crippen molar-refractivity contribution >= 4 is 44.9 Å². The van der Waals surface area contributed by atoms with Crippen LogP contribution >= 0.6 is 23.1 Å². The Morgan fingerprint density at radius 3 is 2.56 bits per heavy atom. The molecule has 2 aromatic heterocycles. The Morgan fingerprint density at radius 2 is 1.88 bits per heavy atom. The third kappa shape index (κ3) is 3.93. The summed E-state index contributed by atoms with van der Waals surface area (Å²) in [6, 6.07) is 7.79. The number of nitrogens with zero attached hydrogens (tertiary/aromatic N) is 2. The minimum atomic E-state index is -0.0653. The van der Waals surface area contributed by atoms with Crippen molar-refractivity contribution in [2.45, 2.75) is 25.0 Å². The molecule has 0 aliphatic carbocycles. The van der Waals surface area contributed by atoms with E-state index in [1.807, 2.05) is 39.0 Å². The molecular formula is C18H19N3O2S2. The Bertz CT molecular complexity index is 1000. The van der Waals surface area contributed by atoms with Gasteiger partial charge in [-0.15, -0.1) is 23.1 Å². The van der Waals surface area contributed by atoms with Crippen LogP contribution in [0.1, 0.15) is 17.0 Å². The van der Waals surface area contributed by atoms with Gasteiger partial charge in [0.05, 0.1) is 15.3 Å². The molecule has 0 aliphatic rings. The fourth-order valence-corrected chi connectivity index (χ4v) is 4.59. The monoisotopic (exact) mass is 373 g/mol. The SMILES string of the molecule is Cc1cc(C)cc(NC(=O)CSc2cc3c(=O)n(C)c(C)nc3s2)c1. The third-order valence-electron chi connectivity index (χ3n) is 3.82. The summed E-state index contributed by atoms with van der Waals surface area (Å²) >= 11 is 2.87. The van der Waals surface area contributed by atoms with E-state index in [0.29, 0.717) is 17.0 Å². The highest BCUT2D eigenvalue weighted by Gasteiger charge is 2.12. The van der Waals surface area contributed by atoms with Crippen LogP contribution in [0.5, 0.6) is 0 Å². The van der Waals surface area contributed by atoms with Crippen LogP contribution in [0.25, 0.3) is 10.2 Å². The van der Waals surface area contributed by atoms with E-state index in [4.69, 9.17) is 0 Å². The minimum Gasteiger partial charge on any atom is -0.325 e. The van der Waals surface area contributed by atoms with E-state index < -0.39 is 0 Å². The molecule has 0 bridgehead atoms. The van der Waals surface area contributed by atoms with E-state index in [-0.39, 0.29) is 11.5 Å². The van der Waals surface area contributed by atoms with Crippen molar-refractivity contribution in [2.24, 2.45) is 7.05 Å². The Labute approximate surface area is 154 Å². The lowest BCUT2D eigenvalue weighted by Crippen LogP contribution is -2.19. The number of thiophene rings is 1. The maximum absolute atomic E-state index is 12.2. The van der Waals surface area contributed by atoms with E-state index in [9.17, 15) is 9.59 Å². The first-order chi connectivity index (χ1) is 11.8. The third-order valence-corrected chi connectivity index (χ3v) is 6.06. The van der Waals surface area contributed by atoms with Crippen molar-refractivity contribution in [3.63, 3.8) is 0 Å². The van der Waals surface area contributed by atoms with Crippen molar-refractivity contribution < 1.29 is 4.79 Å². The Hall–Kier alpha value is -2.12. The number of hydrogen-bond donors (Lipinski definition) is 1. The van der Waals surface area contributed by atoms with Crippen molar-refractivity contribution in [3.8, 4) is 0 Å². The van der Waals surface area contributed by atoms with E-state index in [1.54, 1.807) is 7.05 Å². The Morgan fingerprint density at radius 1 is 1.20 bits per heavy atom. The number of carbonyl (C=O) groups excluding carboxylic acids is 1. The molecule has 0 unspecified atom stereocenters. The van der Waals surface area contributed by atoms with E-state index in [0.717, 1.165) is 25.9 Å². The number of aryl methyl sites for hydroxylation is 3. The zero-order valence-corrected chi connectivity index (χ0v) is 16.2. The molecule has 0 atom stereocenters. The number of nitrogens with one attached hydrogen (secondary N) is 1. The van der Waals surface area contributed by atoms with Crippen LogP contribution in [-0.2, 0) is 11.8 Å². The molecule has 1 N–H and O–H groups in total. The molecule has 5 nitrogen and oxygen atoms in total. The lowest BCUT2D eigenvalue weighted by atomic mass is 10.1. The molecule has 0 saturated heterocycles. The van der Waals surface area contributed by atoms with Crippen LogP contribution in [0.4, 0.5) is 5.69 Å². The topological polar surface area (TPSA) is 64.0 Å². The molecule has 7 heteroatoms. The summed E-state index contributed by atoms with van der Waals surface area (Å²) in [5.74, 6) is 0.909. The predicted octanol–water partition coefficient (Wildman–Crippen LogP) is 3.65. The molecule has 0 fully saturated rings. The molecule has 130 valence electrons. The van der Waals surface area contributed by atoms with Crippen molar-refractivity contribution in [1.82, 2.24) is 9.55 Å². The molecule has 0 aliphatic heterocycles. The normalized spacial score (nSPS) is 11.0. The molecule has 2 heterocycles.